The number of hydrogen-bond acceptors (Lipinski definition) is 2. The molecule has 294 valence electrons. The molecule has 0 aliphatic heterocycles. The summed E-state index contributed by atoms with van der Waals surface area (Å²) in [6.45, 7) is 2.53. The molecule has 1 atom stereocenters. The van der Waals surface area contributed by atoms with Crippen LogP contribution in [-0.4, -0.2) is 51.5 Å². The molecule has 10 radical (unpaired) electrons. The molecule has 0 unspecified atom stereocenters. The number of carboxylic acid groups (broad SMARTS) is 2. The molecule has 0 heterocycles. The van der Waals surface area contributed by atoms with Gasteiger partial charge in [0.2, 0.25) is 0 Å². The smallest absolute Gasteiger partial charge is 0.475 e. The Morgan fingerprint density at radius 2 is 0.944 bits per heavy atom. The predicted octanol–water partition coefficient (Wildman–Crippen LogP) is 10.7. The van der Waals surface area contributed by atoms with Crippen molar-refractivity contribution in [2.45, 2.75) is 100 Å². The Kier molecular flexibility index (Phi) is 24.6. The Labute approximate surface area is 343 Å². The largest absolute Gasteiger partial charge is 2.00 e. The first-order chi connectivity index (χ1) is 24.7. The Morgan fingerprint density at radius 3 is 1.26 bits per heavy atom. The van der Waals surface area contributed by atoms with Gasteiger partial charge in [0, 0.05) is 5.66 Å². The summed E-state index contributed by atoms with van der Waals surface area (Å²) in [5, 5.41) is 17.3. The fraction of sp³-hybridized carbons (Fsp3) is 0.400. The van der Waals surface area contributed by atoms with Gasteiger partial charge in [0.25, 0.3) is 0 Å². The van der Waals surface area contributed by atoms with Crippen molar-refractivity contribution in [3.05, 3.63) is 124 Å². The number of carboxylic acids is 2. The van der Waals surface area contributed by atoms with Crippen LogP contribution in [-0.2, 0) is 46.1 Å². The maximum Gasteiger partial charge on any atom is 2.00 e. The third-order valence-corrected chi connectivity index (χ3v) is 15.3. The average Bonchev–Trinajstić information content (AvgIpc) is 3.87. The number of rotatable bonds is 7. The normalized spacial score (nSPS) is 19.1. The molecule has 0 amide bonds. The van der Waals surface area contributed by atoms with Gasteiger partial charge in [-0.25, -0.2) is 9.59 Å². The van der Waals surface area contributed by atoms with Gasteiger partial charge in [-0.3, -0.25) is 0 Å². The number of aliphatic carboxylic acids is 2. The molecule has 2 aromatic rings. The topological polar surface area (TPSA) is 74.6 Å². The summed E-state index contributed by atoms with van der Waals surface area (Å²) in [5.41, 5.74) is 4.26. The van der Waals surface area contributed by atoms with Crippen molar-refractivity contribution in [2.24, 2.45) is 0 Å². The second-order valence-electron chi connectivity index (χ2n) is 12.6. The summed E-state index contributed by atoms with van der Waals surface area (Å²) in [6.07, 6.45) is 22.0. The molecule has 2 aromatic carbocycles. The van der Waals surface area contributed by atoms with Gasteiger partial charge in [0.05, 0.1) is 0 Å². The average molecular weight is 924 g/mol. The van der Waals surface area contributed by atoms with E-state index in [4.69, 9.17) is 19.8 Å². The first-order valence-electron chi connectivity index (χ1n) is 17.4. The third kappa shape index (κ3) is 17.2. The number of halogens is 6. The van der Waals surface area contributed by atoms with Gasteiger partial charge >= 0.3 is 60.8 Å². The third-order valence-electron chi connectivity index (χ3n) is 8.99. The summed E-state index contributed by atoms with van der Waals surface area (Å²) >= 11 is 0. The van der Waals surface area contributed by atoms with Gasteiger partial charge in [0.1, 0.15) is 0 Å². The van der Waals surface area contributed by atoms with Crippen LogP contribution in [0.2, 0.25) is 0 Å². The second-order valence-corrected chi connectivity index (χ2v) is 17.9. The second kappa shape index (κ2) is 26.1. The minimum atomic E-state index is -5.08. The van der Waals surface area contributed by atoms with Crippen molar-refractivity contribution in [2.75, 3.05) is 0 Å². The van der Waals surface area contributed by atoms with Crippen LogP contribution < -0.4 is 10.6 Å². The Balaban J connectivity index is 0.000000572. The van der Waals surface area contributed by atoms with Crippen molar-refractivity contribution in [1.29, 1.82) is 0 Å². The molecular formula is C40H46F6FeO4P2Ru+4. The van der Waals surface area contributed by atoms with E-state index in [-0.39, 0.29) is 44.5 Å². The van der Waals surface area contributed by atoms with Crippen LogP contribution >= 0.6 is 15.8 Å². The van der Waals surface area contributed by atoms with Crippen LogP contribution in [0.4, 0.5) is 26.3 Å². The van der Waals surface area contributed by atoms with Crippen LogP contribution in [0.25, 0.3) is 0 Å². The first kappa shape index (κ1) is 51.0. The summed E-state index contributed by atoms with van der Waals surface area (Å²) in [7, 11) is -0.489. The van der Waals surface area contributed by atoms with Gasteiger partial charge in [-0.2, -0.15) is 26.3 Å². The van der Waals surface area contributed by atoms with E-state index in [1.54, 1.807) is 11.6 Å². The van der Waals surface area contributed by atoms with Crippen molar-refractivity contribution >= 4 is 38.4 Å². The SMILES string of the molecule is C[C@H]([C]1[CH][CH][CH][C]1P(C1CCCCC1)C1CCCCC1)P(c1ccccc1)c1ccccc1.O=C(O)C(F)(F)F.O=C(O)C(F)(F)F.[CH]1[CH][CH][CH][CH]1.[Fe+2].[Ru+2]. The zero-order valence-electron chi connectivity index (χ0n) is 29.8. The Hall–Kier alpha value is -1.04. The maximum absolute atomic E-state index is 10.6. The summed E-state index contributed by atoms with van der Waals surface area (Å²) in [4.78, 5) is 17.8. The number of benzene rings is 2. The number of alkyl halides is 6. The van der Waals surface area contributed by atoms with E-state index in [9.17, 15) is 26.3 Å². The van der Waals surface area contributed by atoms with E-state index in [2.05, 4.69) is 86.8 Å². The van der Waals surface area contributed by atoms with E-state index in [1.165, 1.54) is 74.8 Å². The van der Waals surface area contributed by atoms with Crippen molar-refractivity contribution in [3.63, 3.8) is 0 Å². The van der Waals surface area contributed by atoms with Gasteiger partial charge in [-0.1, -0.05) is 114 Å². The molecule has 0 bridgehead atoms. The molecule has 0 aromatic heterocycles. The van der Waals surface area contributed by atoms with Crippen LogP contribution in [0.15, 0.2) is 60.7 Å². The predicted molar refractivity (Wildman–Crippen MR) is 197 cm³/mol. The van der Waals surface area contributed by atoms with Gasteiger partial charge in [-0.15, -0.1) is 0 Å². The summed E-state index contributed by atoms with van der Waals surface area (Å²) < 4.78 is 63.5. The Morgan fingerprint density at radius 1 is 0.611 bits per heavy atom. The van der Waals surface area contributed by atoms with E-state index in [0.29, 0.717) is 5.66 Å². The molecular weight excluding hydrogens is 877 g/mol. The van der Waals surface area contributed by atoms with Crippen LogP contribution in [0.1, 0.15) is 71.1 Å². The molecule has 4 saturated carbocycles. The molecule has 4 aliphatic rings. The Bertz CT molecular complexity index is 1220. The molecule has 14 heteroatoms. The fourth-order valence-corrected chi connectivity index (χ4v) is 13.5. The molecule has 4 fully saturated rings. The van der Waals surface area contributed by atoms with Crippen LogP contribution in [0.3, 0.4) is 0 Å². The molecule has 2 N–H and O–H groups in total. The monoisotopic (exact) mass is 924 g/mol. The minimum absolute atomic E-state index is 0. The standard InChI is InChI=1S/C31H39P2.C5H5.2C2HF3O2.Fe.Ru/c1-25(32(26-15-6-2-7-16-26)27-17-8-3-9-18-27)30-23-14-24-31(30)33(28-19-10-4-11-20-28)29-21-12-5-13-22-29;1-2-4-5-3-1;2*3-2(4,5)1(6)7;;/h2-3,6-9,14-18,23-25,28-29H,4-5,10-13,19-22H2,1H3;1-5H;2*(H,6,7);;/q;;;;2*+2/t25-;;;;;/m1...../s1. The zero-order valence-corrected chi connectivity index (χ0v) is 34.4. The molecule has 4 nitrogen and oxygen atoms in total. The van der Waals surface area contributed by atoms with E-state index < -0.39 is 32.2 Å². The molecule has 6 rings (SSSR count). The fourth-order valence-electron chi connectivity index (χ4n) is 6.66. The van der Waals surface area contributed by atoms with E-state index in [0.717, 1.165) is 11.3 Å². The van der Waals surface area contributed by atoms with Crippen LogP contribution in [0, 0.1) is 62.9 Å². The number of carbonyl (C=O) groups is 2. The van der Waals surface area contributed by atoms with Gasteiger partial charge in [-0.05, 0) is 118 Å². The van der Waals surface area contributed by atoms with Crippen LogP contribution in [0.5, 0.6) is 0 Å². The van der Waals surface area contributed by atoms with E-state index >= 15 is 0 Å². The summed E-state index contributed by atoms with van der Waals surface area (Å²) in [5.74, 6) is -3.84. The molecule has 4 aliphatic carbocycles. The first-order valence-corrected chi connectivity index (χ1v) is 20.3. The maximum atomic E-state index is 10.6. The van der Waals surface area contributed by atoms with Gasteiger partial charge < -0.3 is 10.2 Å². The van der Waals surface area contributed by atoms with E-state index in [1.807, 2.05) is 32.1 Å². The van der Waals surface area contributed by atoms with Gasteiger partial charge in [0.15, 0.2) is 0 Å². The zero-order chi connectivity index (χ0) is 38.1. The molecule has 54 heavy (non-hydrogen) atoms. The van der Waals surface area contributed by atoms with Crippen molar-refractivity contribution in [1.82, 2.24) is 0 Å². The summed E-state index contributed by atoms with van der Waals surface area (Å²) in [6, 6.07) is 22.7. The quantitative estimate of drug-likeness (QED) is 0.165. The van der Waals surface area contributed by atoms with Crippen molar-refractivity contribution in [3.8, 4) is 0 Å². The number of hydrogen-bond donors (Lipinski definition) is 2. The van der Waals surface area contributed by atoms with Crippen molar-refractivity contribution < 1.29 is 82.7 Å². The molecule has 0 spiro atoms. The minimum Gasteiger partial charge on any atom is -0.475 e. The molecule has 0 saturated heterocycles.